The zero-order valence-electron chi connectivity index (χ0n) is 12.3. The maximum Gasteiger partial charge on any atom is 0.310 e. The zero-order valence-corrected chi connectivity index (χ0v) is 12.3. The van der Waals surface area contributed by atoms with E-state index in [1.165, 1.54) is 0 Å². The summed E-state index contributed by atoms with van der Waals surface area (Å²) in [4.78, 5) is 25.2. The summed E-state index contributed by atoms with van der Waals surface area (Å²) in [6.07, 6.45) is 2.71. The number of hydrogen-bond donors (Lipinski definition) is 2. The van der Waals surface area contributed by atoms with E-state index in [2.05, 4.69) is 0 Å². The topological polar surface area (TPSA) is 77.8 Å². The molecule has 0 unspecified atom stereocenters. The Morgan fingerprint density at radius 1 is 1.11 bits per heavy atom. The van der Waals surface area contributed by atoms with E-state index in [9.17, 15) is 14.7 Å². The third-order valence-corrected chi connectivity index (χ3v) is 3.80. The molecule has 0 rings (SSSR count). The molecule has 5 nitrogen and oxygen atoms in total. The van der Waals surface area contributed by atoms with Gasteiger partial charge < -0.3 is 15.1 Å². The van der Waals surface area contributed by atoms with E-state index >= 15 is 0 Å². The van der Waals surface area contributed by atoms with Crippen molar-refractivity contribution in [3.63, 3.8) is 0 Å². The van der Waals surface area contributed by atoms with Crippen LogP contribution in [0.2, 0.25) is 0 Å². The van der Waals surface area contributed by atoms with Crippen LogP contribution in [-0.2, 0) is 9.59 Å². The van der Waals surface area contributed by atoms with E-state index in [-0.39, 0.29) is 25.5 Å². The van der Waals surface area contributed by atoms with Crippen molar-refractivity contribution in [2.75, 3.05) is 19.7 Å². The van der Waals surface area contributed by atoms with Crippen LogP contribution in [0.3, 0.4) is 0 Å². The Bertz CT molecular complexity index is 287. The predicted octanol–water partition coefficient (Wildman–Crippen LogP) is 1.89. The summed E-state index contributed by atoms with van der Waals surface area (Å²) in [5, 5.41) is 18.3. The fraction of sp³-hybridized carbons (Fsp3) is 0.857. The van der Waals surface area contributed by atoms with Gasteiger partial charge in [-0.3, -0.25) is 9.59 Å². The van der Waals surface area contributed by atoms with Gasteiger partial charge in [-0.2, -0.15) is 0 Å². The molecule has 2 N–H and O–H groups in total. The summed E-state index contributed by atoms with van der Waals surface area (Å²) in [6, 6.07) is 0. The highest BCUT2D eigenvalue weighted by Gasteiger charge is 2.38. The smallest absolute Gasteiger partial charge is 0.310 e. The summed E-state index contributed by atoms with van der Waals surface area (Å²) in [7, 11) is 0. The van der Waals surface area contributed by atoms with Gasteiger partial charge in [-0.1, -0.05) is 27.2 Å². The second-order valence-corrected chi connectivity index (χ2v) is 4.93. The lowest BCUT2D eigenvalue weighted by atomic mass is 9.79. The van der Waals surface area contributed by atoms with Gasteiger partial charge in [0, 0.05) is 19.5 Å². The highest BCUT2D eigenvalue weighted by Crippen LogP contribution is 2.31. The second kappa shape index (κ2) is 8.91. The van der Waals surface area contributed by atoms with Crippen molar-refractivity contribution in [2.45, 2.75) is 52.9 Å². The average molecular weight is 273 g/mol. The van der Waals surface area contributed by atoms with Crippen molar-refractivity contribution in [1.29, 1.82) is 0 Å². The molecule has 0 aromatic carbocycles. The van der Waals surface area contributed by atoms with E-state index in [4.69, 9.17) is 5.11 Å². The van der Waals surface area contributed by atoms with E-state index < -0.39 is 11.4 Å². The summed E-state index contributed by atoms with van der Waals surface area (Å²) < 4.78 is 0. The van der Waals surface area contributed by atoms with Crippen LogP contribution < -0.4 is 0 Å². The molecular weight excluding hydrogens is 246 g/mol. The molecule has 0 fully saturated rings. The molecule has 1 amide bonds. The standard InChI is InChI=1S/C14H27NO4/c1-4-7-8-15(9-10-16)12(17)11-14(5-2,6-3)13(18)19/h16H,4-11H2,1-3H3,(H,18,19). The first-order valence-electron chi connectivity index (χ1n) is 7.09. The summed E-state index contributed by atoms with van der Waals surface area (Å²) in [5.74, 6) is -1.08. The van der Waals surface area contributed by atoms with Crippen LogP contribution in [0.4, 0.5) is 0 Å². The number of unbranched alkanes of at least 4 members (excludes halogenated alkanes) is 1. The Balaban J connectivity index is 4.79. The highest BCUT2D eigenvalue weighted by atomic mass is 16.4. The van der Waals surface area contributed by atoms with Gasteiger partial charge in [-0.25, -0.2) is 0 Å². The number of aliphatic hydroxyl groups is 1. The number of nitrogens with zero attached hydrogens (tertiary/aromatic N) is 1. The molecule has 112 valence electrons. The SMILES string of the molecule is CCCCN(CCO)C(=O)CC(CC)(CC)C(=O)O. The van der Waals surface area contributed by atoms with Crippen LogP contribution in [0, 0.1) is 5.41 Å². The number of carboxylic acid groups (broad SMARTS) is 1. The Labute approximate surface area is 115 Å². The number of hydrogen-bond acceptors (Lipinski definition) is 3. The minimum absolute atomic E-state index is 0.0129. The first-order valence-corrected chi connectivity index (χ1v) is 7.09. The van der Waals surface area contributed by atoms with Crippen molar-refractivity contribution < 1.29 is 19.8 Å². The van der Waals surface area contributed by atoms with Gasteiger partial charge in [0.15, 0.2) is 0 Å². The minimum Gasteiger partial charge on any atom is -0.481 e. The van der Waals surface area contributed by atoms with Crippen LogP contribution in [0.15, 0.2) is 0 Å². The molecule has 5 heteroatoms. The molecule has 0 saturated heterocycles. The van der Waals surface area contributed by atoms with E-state index in [0.29, 0.717) is 19.4 Å². The van der Waals surface area contributed by atoms with Crippen molar-refractivity contribution in [2.24, 2.45) is 5.41 Å². The molecule has 0 aliphatic carbocycles. The van der Waals surface area contributed by atoms with Crippen molar-refractivity contribution in [3.05, 3.63) is 0 Å². The fourth-order valence-electron chi connectivity index (χ4n) is 2.11. The van der Waals surface area contributed by atoms with Gasteiger partial charge in [0.2, 0.25) is 5.91 Å². The van der Waals surface area contributed by atoms with Gasteiger partial charge in [0.05, 0.1) is 12.0 Å². The molecule has 0 saturated carbocycles. The van der Waals surface area contributed by atoms with Gasteiger partial charge in [-0.15, -0.1) is 0 Å². The number of aliphatic hydroxyl groups excluding tert-OH is 1. The molecule has 0 atom stereocenters. The van der Waals surface area contributed by atoms with Crippen molar-refractivity contribution in [1.82, 2.24) is 4.90 Å². The third kappa shape index (κ3) is 5.19. The maximum atomic E-state index is 12.2. The number of carboxylic acids is 1. The first-order chi connectivity index (χ1) is 8.97. The summed E-state index contributed by atoms with van der Waals surface area (Å²) in [6.45, 7) is 6.40. The third-order valence-electron chi connectivity index (χ3n) is 3.80. The normalized spacial score (nSPS) is 11.4. The van der Waals surface area contributed by atoms with E-state index in [1.54, 1.807) is 18.7 Å². The van der Waals surface area contributed by atoms with Crippen LogP contribution in [0.25, 0.3) is 0 Å². The van der Waals surface area contributed by atoms with Crippen LogP contribution >= 0.6 is 0 Å². The Morgan fingerprint density at radius 2 is 1.68 bits per heavy atom. The molecular formula is C14H27NO4. The summed E-state index contributed by atoms with van der Waals surface area (Å²) >= 11 is 0. The average Bonchev–Trinajstić information content (AvgIpc) is 2.40. The molecule has 0 aliphatic rings. The number of aliphatic carboxylic acids is 1. The number of rotatable bonds is 10. The fourth-order valence-corrected chi connectivity index (χ4v) is 2.11. The molecule has 0 bridgehead atoms. The number of carbonyl (C=O) groups excluding carboxylic acids is 1. The lowest BCUT2D eigenvalue weighted by molar-refractivity contribution is -0.154. The maximum absolute atomic E-state index is 12.2. The Hall–Kier alpha value is -1.10. The molecule has 0 aromatic rings. The zero-order chi connectivity index (χ0) is 14.9. The van der Waals surface area contributed by atoms with Gasteiger partial charge >= 0.3 is 5.97 Å². The molecule has 0 heterocycles. The molecule has 0 aliphatic heterocycles. The molecule has 0 radical (unpaired) electrons. The van der Waals surface area contributed by atoms with Crippen molar-refractivity contribution >= 4 is 11.9 Å². The first kappa shape index (κ1) is 17.9. The van der Waals surface area contributed by atoms with Gasteiger partial charge in [0.1, 0.15) is 0 Å². The summed E-state index contributed by atoms with van der Waals surface area (Å²) in [5.41, 5.74) is -0.975. The van der Waals surface area contributed by atoms with Crippen LogP contribution in [0.1, 0.15) is 52.9 Å². The number of carbonyl (C=O) groups is 2. The Morgan fingerprint density at radius 3 is 2.05 bits per heavy atom. The molecule has 0 spiro atoms. The van der Waals surface area contributed by atoms with Gasteiger partial charge in [0.25, 0.3) is 0 Å². The number of amides is 1. The van der Waals surface area contributed by atoms with E-state index in [1.807, 2.05) is 6.92 Å². The lowest BCUT2D eigenvalue weighted by Crippen LogP contribution is -2.41. The predicted molar refractivity (Wildman–Crippen MR) is 73.8 cm³/mol. The lowest BCUT2D eigenvalue weighted by Gasteiger charge is -2.30. The Kier molecular flexibility index (Phi) is 8.39. The van der Waals surface area contributed by atoms with Crippen molar-refractivity contribution in [3.8, 4) is 0 Å². The van der Waals surface area contributed by atoms with Crippen LogP contribution in [-0.4, -0.2) is 46.7 Å². The largest absolute Gasteiger partial charge is 0.481 e. The van der Waals surface area contributed by atoms with E-state index in [0.717, 1.165) is 12.8 Å². The monoisotopic (exact) mass is 273 g/mol. The second-order valence-electron chi connectivity index (χ2n) is 4.93. The quantitative estimate of drug-likeness (QED) is 0.637. The minimum atomic E-state index is -0.975. The van der Waals surface area contributed by atoms with Crippen LogP contribution in [0.5, 0.6) is 0 Å². The highest BCUT2D eigenvalue weighted by molar-refractivity contribution is 5.85. The molecule has 0 aromatic heterocycles. The molecule has 19 heavy (non-hydrogen) atoms. The van der Waals surface area contributed by atoms with Gasteiger partial charge in [-0.05, 0) is 19.3 Å².